The first-order valence-electron chi connectivity index (χ1n) is 9.67. The number of aromatic nitrogens is 2. The van der Waals surface area contributed by atoms with Crippen molar-refractivity contribution in [1.29, 1.82) is 0 Å². The Balaban J connectivity index is 1.80. The highest BCUT2D eigenvalue weighted by Gasteiger charge is 2.20. The Labute approximate surface area is 189 Å². The fourth-order valence-corrected chi connectivity index (χ4v) is 3.46. The van der Waals surface area contributed by atoms with Crippen LogP contribution in [0.3, 0.4) is 0 Å². The maximum atomic E-state index is 12.9. The maximum Gasteiger partial charge on any atom is 0.307 e. The van der Waals surface area contributed by atoms with Crippen molar-refractivity contribution in [3.05, 3.63) is 75.5 Å². The summed E-state index contributed by atoms with van der Waals surface area (Å²) in [6, 6.07) is 13.8. The molecule has 0 fully saturated rings. The fourth-order valence-electron chi connectivity index (χ4n) is 3.21. The van der Waals surface area contributed by atoms with Crippen molar-refractivity contribution in [3.63, 3.8) is 0 Å². The van der Waals surface area contributed by atoms with Gasteiger partial charge < -0.3 is 14.8 Å². The van der Waals surface area contributed by atoms with E-state index in [0.29, 0.717) is 11.3 Å². The summed E-state index contributed by atoms with van der Waals surface area (Å²) in [5.74, 6) is -0.00402. The Morgan fingerprint density at radius 3 is 2.23 bits per heavy atom. The number of amides is 1. The number of carbonyl (C=O) groups is 2. The van der Waals surface area contributed by atoms with Crippen molar-refractivity contribution in [2.24, 2.45) is 0 Å². The lowest BCUT2D eigenvalue weighted by Gasteiger charge is -2.19. The number of nitrogens with one attached hydrogen (secondary N) is 1. The largest absolute Gasteiger partial charge is 0.497 e. The minimum Gasteiger partial charge on any atom is -0.497 e. The van der Waals surface area contributed by atoms with Gasteiger partial charge in [-0.25, -0.2) is 4.68 Å². The highest BCUT2D eigenvalue weighted by atomic mass is 79.9. The van der Waals surface area contributed by atoms with Crippen LogP contribution in [0.2, 0.25) is 0 Å². The number of halogens is 1. The predicted octanol–water partition coefficient (Wildman–Crippen LogP) is 4.29. The Kier molecular flexibility index (Phi) is 7.12. The number of aryl methyl sites for hydroxylation is 1. The van der Waals surface area contributed by atoms with E-state index >= 15 is 0 Å². The summed E-state index contributed by atoms with van der Waals surface area (Å²) in [6.07, 6.45) is 0.0203. The van der Waals surface area contributed by atoms with E-state index < -0.39 is 12.0 Å². The van der Waals surface area contributed by atoms with Crippen LogP contribution in [-0.4, -0.2) is 35.9 Å². The molecule has 1 amide bonds. The second-order valence-electron chi connectivity index (χ2n) is 7.02. The zero-order valence-electron chi connectivity index (χ0n) is 17.8. The zero-order valence-corrected chi connectivity index (χ0v) is 19.4. The SMILES string of the molecule is COC(=O)CC(NC(=O)c1ccc(-n2nc(C)c(Br)c2C)cc1)c1ccc(OC)cc1. The lowest BCUT2D eigenvalue weighted by Crippen LogP contribution is -2.30. The molecule has 0 aliphatic rings. The van der Waals surface area contributed by atoms with Gasteiger partial charge in [-0.1, -0.05) is 12.1 Å². The summed E-state index contributed by atoms with van der Waals surface area (Å²) < 4.78 is 12.7. The summed E-state index contributed by atoms with van der Waals surface area (Å²) in [5.41, 5.74) is 3.98. The van der Waals surface area contributed by atoms with Gasteiger partial charge in [0.15, 0.2) is 0 Å². The van der Waals surface area contributed by atoms with Crippen LogP contribution in [-0.2, 0) is 9.53 Å². The lowest BCUT2D eigenvalue weighted by molar-refractivity contribution is -0.141. The average molecular weight is 486 g/mol. The van der Waals surface area contributed by atoms with Crippen LogP contribution in [0.4, 0.5) is 0 Å². The van der Waals surface area contributed by atoms with Crippen LogP contribution in [0, 0.1) is 13.8 Å². The molecular weight excluding hydrogens is 462 g/mol. The number of carbonyl (C=O) groups excluding carboxylic acids is 2. The van der Waals surface area contributed by atoms with Crippen LogP contribution in [0.15, 0.2) is 53.0 Å². The third kappa shape index (κ3) is 5.14. The normalized spacial score (nSPS) is 11.6. The number of methoxy groups -OCH3 is 2. The van der Waals surface area contributed by atoms with E-state index in [4.69, 9.17) is 9.47 Å². The topological polar surface area (TPSA) is 82.5 Å². The molecule has 1 unspecified atom stereocenters. The molecule has 0 saturated carbocycles. The van der Waals surface area contributed by atoms with Gasteiger partial charge in [0.05, 0.1) is 48.2 Å². The molecule has 0 saturated heterocycles. The first kappa shape index (κ1) is 22.6. The van der Waals surface area contributed by atoms with Crippen LogP contribution in [0.5, 0.6) is 5.75 Å². The molecule has 7 nitrogen and oxygen atoms in total. The van der Waals surface area contributed by atoms with Gasteiger partial charge in [-0.2, -0.15) is 5.10 Å². The predicted molar refractivity (Wildman–Crippen MR) is 121 cm³/mol. The molecule has 0 aliphatic carbocycles. The Bertz CT molecular complexity index is 1080. The molecule has 0 spiro atoms. The minimum absolute atomic E-state index is 0.0203. The number of hydrogen-bond acceptors (Lipinski definition) is 5. The third-order valence-electron chi connectivity index (χ3n) is 5.00. The van der Waals surface area contributed by atoms with Crippen molar-refractivity contribution in [3.8, 4) is 11.4 Å². The van der Waals surface area contributed by atoms with Gasteiger partial charge in [-0.3, -0.25) is 9.59 Å². The third-order valence-corrected chi connectivity index (χ3v) is 6.15. The van der Waals surface area contributed by atoms with Crippen LogP contribution in [0.1, 0.15) is 39.8 Å². The Morgan fingerprint density at radius 1 is 1.06 bits per heavy atom. The quantitative estimate of drug-likeness (QED) is 0.504. The van der Waals surface area contributed by atoms with E-state index in [1.807, 2.05) is 42.8 Å². The lowest BCUT2D eigenvalue weighted by atomic mass is 10.0. The summed E-state index contributed by atoms with van der Waals surface area (Å²) in [7, 11) is 2.91. The van der Waals surface area contributed by atoms with Crippen molar-refractivity contribution in [2.45, 2.75) is 26.3 Å². The second kappa shape index (κ2) is 9.78. The summed E-state index contributed by atoms with van der Waals surface area (Å²) >= 11 is 3.53. The fraction of sp³-hybridized carbons (Fsp3) is 0.261. The standard InChI is InChI=1S/C23H24BrN3O4/c1-14-22(24)15(2)27(26-14)18-9-5-17(6-10-18)23(29)25-20(13-21(28)31-4)16-7-11-19(30-3)12-8-16/h5-12,20H,13H2,1-4H3,(H,25,29). The van der Waals surface area contributed by atoms with Crippen molar-refractivity contribution >= 4 is 27.8 Å². The zero-order chi connectivity index (χ0) is 22.5. The summed E-state index contributed by atoms with van der Waals surface area (Å²) in [5, 5.41) is 7.43. The molecule has 1 N–H and O–H groups in total. The van der Waals surface area contributed by atoms with Gasteiger partial charge in [0, 0.05) is 5.56 Å². The summed E-state index contributed by atoms with van der Waals surface area (Å²) in [4.78, 5) is 24.8. The highest BCUT2D eigenvalue weighted by Crippen LogP contribution is 2.24. The van der Waals surface area contributed by atoms with Crippen molar-refractivity contribution < 1.29 is 19.1 Å². The average Bonchev–Trinajstić information content (AvgIpc) is 3.05. The van der Waals surface area contributed by atoms with Gasteiger partial charge in [0.25, 0.3) is 5.91 Å². The molecule has 1 atom stereocenters. The van der Waals surface area contributed by atoms with Gasteiger partial charge in [-0.15, -0.1) is 0 Å². The van der Waals surface area contributed by atoms with E-state index in [-0.39, 0.29) is 12.3 Å². The van der Waals surface area contributed by atoms with Gasteiger partial charge in [-0.05, 0) is 71.7 Å². The van der Waals surface area contributed by atoms with E-state index in [1.54, 1.807) is 31.4 Å². The molecule has 31 heavy (non-hydrogen) atoms. The number of esters is 1. The Morgan fingerprint density at radius 2 is 1.71 bits per heavy atom. The van der Waals surface area contributed by atoms with E-state index in [1.165, 1.54) is 7.11 Å². The molecule has 0 bridgehead atoms. The van der Waals surface area contributed by atoms with Gasteiger partial charge in [0.1, 0.15) is 5.75 Å². The number of ether oxygens (including phenoxy) is 2. The van der Waals surface area contributed by atoms with Gasteiger partial charge in [0.2, 0.25) is 0 Å². The van der Waals surface area contributed by atoms with E-state index in [0.717, 1.165) is 27.1 Å². The van der Waals surface area contributed by atoms with Crippen LogP contribution in [0.25, 0.3) is 5.69 Å². The number of rotatable bonds is 7. The second-order valence-corrected chi connectivity index (χ2v) is 7.82. The smallest absolute Gasteiger partial charge is 0.307 e. The number of hydrogen-bond donors (Lipinski definition) is 1. The molecule has 2 aromatic carbocycles. The number of nitrogens with zero attached hydrogens (tertiary/aromatic N) is 2. The molecule has 0 radical (unpaired) electrons. The van der Waals surface area contributed by atoms with E-state index in [9.17, 15) is 9.59 Å². The first-order valence-corrected chi connectivity index (χ1v) is 10.5. The molecule has 3 aromatic rings. The van der Waals surface area contributed by atoms with Crippen LogP contribution < -0.4 is 10.1 Å². The van der Waals surface area contributed by atoms with E-state index in [2.05, 4.69) is 26.3 Å². The van der Waals surface area contributed by atoms with Crippen LogP contribution >= 0.6 is 15.9 Å². The Hall–Kier alpha value is -3.13. The summed E-state index contributed by atoms with van der Waals surface area (Å²) in [6.45, 7) is 3.90. The van der Waals surface area contributed by atoms with Crippen molar-refractivity contribution in [1.82, 2.24) is 15.1 Å². The van der Waals surface area contributed by atoms with Gasteiger partial charge >= 0.3 is 5.97 Å². The van der Waals surface area contributed by atoms with Crippen molar-refractivity contribution in [2.75, 3.05) is 14.2 Å². The molecule has 8 heteroatoms. The molecule has 0 aliphatic heterocycles. The monoisotopic (exact) mass is 485 g/mol. The molecule has 1 heterocycles. The minimum atomic E-state index is -0.530. The molecule has 162 valence electrons. The molecule has 3 rings (SSSR count). The number of benzene rings is 2. The molecular formula is C23H24BrN3O4. The maximum absolute atomic E-state index is 12.9. The molecule has 1 aromatic heterocycles. The highest BCUT2D eigenvalue weighted by molar-refractivity contribution is 9.10. The first-order chi connectivity index (χ1) is 14.8.